The van der Waals surface area contributed by atoms with Crippen LogP contribution in [0.3, 0.4) is 0 Å². The second kappa shape index (κ2) is 8.83. The average Bonchev–Trinajstić information content (AvgIpc) is 3.04. The Morgan fingerprint density at radius 1 is 0.900 bits per heavy atom. The van der Waals surface area contributed by atoms with Gasteiger partial charge < -0.3 is 4.90 Å². The molecule has 30 heavy (non-hydrogen) atoms. The maximum atomic E-state index is 13.0. The highest BCUT2D eigenvalue weighted by Gasteiger charge is 2.27. The summed E-state index contributed by atoms with van der Waals surface area (Å²) in [5, 5.41) is 0.867. The highest BCUT2D eigenvalue weighted by atomic mass is 32.2. The molecule has 2 aromatic carbocycles. The summed E-state index contributed by atoms with van der Waals surface area (Å²) in [4.78, 5) is 7.23. The van der Waals surface area contributed by atoms with Crippen LogP contribution < -0.4 is 4.90 Å². The first kappa shape index (κ1) is 21.0. The Morgan fingerprint density at radius 3 is 2.27 bits per heavy atom. The summed E-state index contributed by atoms with van der Waals surface area (Å²) in [5.41, 5.74) is 3.48. The largest absolute Gasteiger partial charge is 0.345 e. The zero-order valence-electron chi connectivity index (χ0n) is 17.3. The Balaban J connectivity index is 1.42. The number of sulfonamides is 1. The Kier molecular flexibility index (Phi) is 6.17. The van der Waals surface area contributed by atoms with Crippen LogP contribution in [0.5, 0.6) is 0 Å². The molecule has 1 saturated heterocycles. The average molecular weight is 443 g/mol. The van der Waals surface area contributed by atoms with E-state index in [0.717, 1.165) is 29.5 Å². The number of rotatable bonds is 5. The number of aromatic nitrogens is 2. The minimum atomic E-state index is -3.47. The molecule has 8 heteroatoms. The smallest absolute Gasteiger partial charge is 0.243 e. The van der Waals surface area contributed by atoms with Crippen LogP contribution in [-0.4, -0.2) is 48.3 Å². The van der Waals surface area contributed by atoms with E-state index in [-0.39, 0.29) is 0 Å². The van der Waals surface area contributed by atoms with Gasteiger partial charge >= 0.3 is 0 Å². The fourth-order valence-corrected chi connectivity index (χ4v) is 5.72. The van der Waals surface area contributed by atoms with Gasteiger partial charge in [-0.25, -0.2) is 13.4 Å². The molecule has 0 amide bonds. The highest BCUT2D eigenvalue weighted by Crippen LogP contribution is 2.23. The molecule has 1 aromatic heterocycles. The first-order valence-electron chi connectivity index (χ1n) is 10.1. The van der Waals surface area contributed by atoms with Crippen LogP contribution in [0.25, 0.3) is 0 Å². The first-order valence-corrected chi connectivity index (χ1v) is 12.3. The van der Waals surface area contributed by atoms with E-state index in [1.807, 2.05) is 19.1 Å². The van der Waals surface area contributed by atoms with E-state index in [9.17, 15) is 8.42 Å². The molecule has 0 N–H and O–H groups in total. The Morgan fingerprint density at radius 2 is 1.57 bits per heavy atom. The number of aryl methyl sites for hydroxylation is 2. The zero-order chi connectivity index (χ0) is 21.1. The van der Waals surface area contributed by atoms with Crippen molar-refractivity contribution in [1.29, 1.82) is 0 Å². The maximum absolute atomic E-state index is 13.0. The molecule has 1 aliphatic rings. The van der Waals surface area contributed by atoms with Gasteiger partial charge in [0.2, 0.25) is 15.2 Å². The van der Waals surface area contributed by atoms with Crippen molar-refractivity contribution in [1.82, 2.24) is 13.7 Å². The third-order valence-electron chi connectivity index (χ3n) is 5.32. The summed E-state index contributed by atoms with van der Waals surface area (Å²) in [6, 6.07) is 15.5. The van der Waals surface area contributed by atoms with E-state index < -0.39 is 10.0 Å². The van der Waals surface area contributed by atoms with Crippen molar-refractivity contribution in [3.8, 4) is 0 Å². The number of anilines is 1. The summed E-state index contributed by atoms with van der Waals surface area (Å²) < 4.78 is 32.1. The Bertz CT molecular complexity index is 1090. The minimum absolute atomic E-state index is 0.359. The van der Waals surface area contributed by atoms with E-state index in [4.69, 9.17) is 4.98 Å². The maximum Gasteiger partial charge on any atom is 0.243 e. The number of hydrogen-bond acceptors (Lipinski definition) is 6. The van der Waals surface area contributed by atoms with Gasteiger partial charge in [0, 0.05) is 44.1 Å². The predicted octanol–water partition coefficient (Wildman–Crippen LogP) is 3.65. The van der Waals surface area contributed by atoms with Crippen LogP contribution in [0.2, 0.25) is 0 Å². The van der Waals surface area contributed by atoms with Gasteiger partial charge in [-0.15, -0.1) is 0 Å². The molecule has 0 bridgehead atoms. The molecule has 0 unspecified atom stereocenters. The molecular formula is C22H26N4O2S2. The lowest BCUT2D eigenvalue weighted by atomic mass is 10.1. The van der Waals surface area contributed by atoms with E-state index >= 15 is 0 Å². The molecule has 2 heterocycles. The number of nitrogens with zero attached hydrogens (tertiary/aromatic N) is 4. The van der Waals surface area contributed by atoms with Crippen molar-refractivity contribution in [2.24, 2.45) is 0 Å². The van der Waals surface area contributed by atoms with E-state index in [0.29, 0.717) is 31.0 Å². The van der Waals surface area contributed by atoms with E-state index in [2.05, 4.69) is 40.5 Å². The Hall–Kier alpha value is -2.29. The molecule has 0 aliphatic carbocycles. The zero-order valence-corrected chi connectivity index (χ0v) is 18.9. The summed E-state index contributed by atoms with van der Waals surface area (Å²) in [6.45, 7) is 6.38. The lowest BCUT2D eigenvalue weighted by Gasteiger charge is -2.21. The predicted molar refractivity (Wildman–Crippen MR) is 121 cm³/mol. The molecular weight excluding hydrogens is 416 g/mol. The third kappa shape index (κ3) is 4.71. The lowest BCUT2D eigenvalue weighted by molar-refractivity contribution is 0.433. The van der Waals surface area contributed by atoms with Crippen molar-refractivity contribution in [2.75, 3.05) is 31.1 Å². The van der Waals surface area contributed by atoms with Crippen molar-refractivity contribution in [2.45, 2.75) is 31.6 Å². The van der Waals surface area contributed by atoms with Gasteiger partial charge in [-0.3, -0.25) is 0 Å². The quantitative estimate of drug-likeness (QED) is 0.603. The van der Waals surface area contributed by atoms with Crippen LogP contribution >= 0.6 is 11.5 Å². The summed E-state index contributed by atoms with van der Waals surface area (Å²) in [5.74, 6) is 0.812. The van der Waals surface area contributed by atoms with Crippen LogP contribution in [0.4, 0.5) is 5.13 Å². The van der Waals surface area contributed by atoms with Crippen molar-refractivity contribution >= 4 is 26.7 Å². The monoisotopic (exact) mass is 442 g/mol. The van der Waals surface area contributed by atoms with Crippen LogP contribution in [0, 0.1) is 13.8 Å². The molecule has 6 nitrogen and oxygen atoms in total. The molecule has 0 atom stereocenters. The van der Waals surface area contributed by atoms with Gasteiger partial charge in [-0.05, 0) is 38.0 Å². The van der Waals surface area contributed by atoms with Gasteiger partial charge in [0.15, 0.2) is 0 Å². The van der Waals surface area contributed by atoms with Crippen molar-refractivity contribution in [3.63, 3.8) is 0 Å². The van der Waals surface area contributed by atoms with Crippen molar-refractivity contribution in [3.05, 3.63) is 71.0 Å². The minimum Gasteiger partial charge on any atom is -0.345 e. The lowest BCUT2D eigenvalue weighted by Crippen LogP contribution is -2.35. The number of benzene rings is 2. The van der Waals surface area contributed by atoms with Gasteiger partial charge in [0.05, 0.1) is 4.90 Å². The summed E-state index contributed by atoms with van der Waals surface area (Å²) in [7, 11) is -3.47. The van der Waals surface area contributed by atoms with E-state index in [1.165, 1.54) is 22.7 Å². The van der Waals surface area contributed by atoms with Gasteiger partial charge in [0.1, 0.15) is 5.82 Å². The highest BCUT2D eigenvalue weighted by molar-refractivity contribution is 7.89. The summed E-state index contributed by atoms with van der Waals surface area (Å²) in [6.07, 6.45) is 1.47. The Labute approximate surface area is 182 Å². The molecule has 158 valence electrons. The molecule has 0 radical (unpaired) electrons. The normalized spacial score (nSPS) is 15.9. The molecule has 1 aliphatic heterocycles. The second-order valence-electron chi connectivity index (χ2n) is 7.71. The van der Waals surface area contributed by atoms with Crippen LogP contribution in [0.1, 0.15) is 28.9 Å². The molecule has 0 spiro atoms. The third-order valence-corrected chi connectivity index (χ3v) is 8.05. The van der Waals surface area contributed by atoms with Crippen LogP contribution in [-0.2, 0) is 16.4 Å². The SMILES string of the molecule is Cc1ccc(Cc2nsc(N3CCCN(S(=O)(=O)c4ccc(C)cc4)CC3)n2)cc1. The topological polar surface area (TPSA) is 66.4 Å². The second-order valence-corrected chi connectivity index (χ2v) is 10.4. The van der Waals surface area contributed by atoms with Crippen LogP contribution in [0.15, 0.2) is 53.4 Å². The van der Waals surface area contributed by atoms with E-state index in [1.54, 1.807) is 16.4 Å². The van der Waals surface area contributed by atoms with Crippen molar-refractivity contribution < 1.29 is 8.42 Å². The number of hydrogen-bond donors (Lipinski definition) is 0. The fourth-order valence-electron chi connectivity index (χ4n) is 3.52. The molecule has 4 rings (SSSR count). The summed E-state index contributed by atoms with van der Waals surface area (Å²) >= 11 is 1.39. The van der Waals surface area contributed by atoms with Gasteiger partial charge in [0.25, 0.3) is 0 Å². The molecule has 3 aromatic rings. The molecule has 0 saturated carbocycles. The van der Waals surface area contributed by atoms with Gasteiger partial charge in [-0.2, -0.15) is 8.68 Å². The first-order chi connectivity index (χ1) is 14.4. The van der Waals surface area contributed by atoms with Gasteiger partial charge in [-0.1, -0.05) is 47.5 Å². The molecule has 1 fully saturated rings. The fraction of sp³-hybridized carbons (Fsp3) is 0.364. The standard InChI is InChI=1S/C22H26N4O2S2/c1-17-4-8-19(9-5-17)16-21-23-22(29-24-21)25-12-3-13-26(15-14-25)30(27,28)20-10-6-18(2)7-11-20/h4-11H,3,12-16H2,1-2H3.